The van der Waals surface area contributed by atoms with Gasteiger partial charge in [0.15, 0.2) is 5.82 Å². The molecule has 2 aromatic carbocycles. The first-order valence-electron chi connectivity index (χ1n) is 11.2. The highest BCUT2D eigenvalue weighted by Gasteiger charge is 2.19. The van der Waals surface area contributed by atoms with Crippen LogP contribution in [0.3, 0.4) is 0 Å². The van der Waals surface area contributed by atoms with Crippen molar-refractivity contribution in [3.8, 4) is 17.0 Å². The van der Waals surface area contributed by atoms with E-state index in [1.807, 2.05) is 6.07 Å². The second-order valence-corrected chi connectivity index (χ2v) is 9.60. The van der Waals surface area contributed by atoms with E-state index in [4.69, 9.17) is 21.1 Å². The molecule has 4 aromatic rings. The zero-order valence-corrected chi connectivity index (χ0v) is 21.4. The van der Waals surface area contributed by atoms with Gasteiger partial charge in [-0.25, -0.2) is 28.2 Å². The highest BCUT2D eigenvalue weighted by molar-refractivity contribution is 7.95. The van der Waals surface area contributed by atoms with Crippen LogP contribution in [0.15, 0.2) is 90.7 Å². The molecule has 12 heteroatoms. The van der Waals surface area contributed by atoms with Crippen LogP contribution in [0.1, 0.15) is 5.56 Å². The minimum Gasteiger partial charge on any atom is -0.473 e. The van der Waals surface area contributed by atoms with Crippen LogP contribution in [-0.4, -0.2) is 42.7 Å². The van der Waals surface area contributed by atoms with Gasteiger partial charge in [-0.3, -0.25) is 10.0 Å². The minimum absolute atomic E-state index is 0.00356. The Kier molecular flexibility index (Phi) is 8.85. The molecule has 0 fully saturated rings. The predicted octanol–water partition coefficient (Wildman–Crippen LogP) is 5.23. The number of benzene rings is 2. The summed E-state index contributed by atoms with van der Waals surface area (Å²) < 4.78 is 39.0. The molecule has 0 radical (unpaired) electrons. The third-order valence-electron chi connectivity index (χ3n) is 4.87. The van der Waals surface area contributed by atoms with Gasteiger partial charge in [0.25, 0.3) is 10.0 Å². The second kappa shape index (κ2) is 12.7. The van der Waals surface area contributed by atoms with Gasteiger partial charge in [-0.15, -0.1) is 0 Å². The van der Waals surface area contributed by atoms with Crippen molar-refractivity contribution in [2.75, 3.05) is 23.3 Å². The summed E-state index contributed by atoms with van der Waals surface area (Å²) >= 11 is 6.03. The van der Waals surface area contributed by atoms with E-state index in [1.165, 1.54) is 18.6 Å². The van der Waals surface area contributed by atoms with Crippen molar-refractivity contribution >= 4 is 45.4 Å². The lowest BCUT2D eigenvalue weighted by molar-refractivity contribution is 0.136. The summed E-state index contributed by atoms with van der Waals surface area (Å²) in [5.41, 5.74) is 1.57. The second-order valence-electron chi connectivity index (χ2n) is 7.59. The summed E-state index contributed by atoms with van der Waals surface area (Å²) in [6, 6.07) is 20.7. The van der Waals surface area contributed by atoms with Crippen molar-refractivity contribution in [1.29, 1.82) is 0 Å². The Bertz CT molecular complexity index is 1500. The van der Waals surface area contributed by atoms with Gasteiger partial charge in [-0.05, 0) is 41.5 Å². The molecule has 2 heterocycles. The van der Waals surface area contributed by atoms with E-state index < -0.39 is 16.1 Å². The molecule has 0 bridgehead atoms. The molecular formula is C26H22ClN5O5S. The van der Waals surface area contributed by atoms with Gasteiger partial charge in [0.2, 0.25) is 5.88 Å². The van der Waals surface area contributed by atoms with Gasteiger partial charge in [-0.1, -0.05) is 60.1 Å². The predicted molar refractivity (Wildman–Crippen MR) is 145 cm³/mol. The highest BCUT2D eigenvalue weighted by atomic mass is 35.5. The molecule has 194 valence electrons. The van der Waals surface area contributed by atoms with Crippen molar-refractivity contribution in [2.45, 2.75) is 0 Å². The Morgan fingerprint density at radius 3 is 2.42 bits per heavy atom. The molecule has 10 nitrogen and oxygen atoms in total. The van der Waals surface area contributed by atoms with E-state index in [0.717, 1.165) is 11.0 Å². The number of carbonyl (C=O) groups is 1. The van der Waals surface area contributed by atoms with Gasteiger partial charge in [-0.2, -0.15) is 0 Å². The Morgan fingerprint density at radius 1 is 0.921 bits per heavy atom. The molecule has 0 aliphatic rings. The molecule has 38 heavy (non-hydrogen) atoms. The van der Waals surface area contributed by atoms with Crippen LogP contribution in [-0.2, 0) is 14.8 Å². The molecule has 0 aliphatic carbocycles. The molecule has 2 aromatic heterocycles. The molecular weight excluding hydrogens is 530 g/mol. The number of nitrogens with zero attached hydrogens (tertiary/aromatic N) is 3. The van der Waals surface area contributed by atoms with Crippen LogP contribution in [0.2, 0.25) is 5.02 Å². The number of pyridine rings is 1. The van der Waals surface area contributed by atoms with E-state index in [9.17, 15) is 13.2 Å². The molecule has 0 aliphatic heterocycles. The largest absolute Gasteiger partial charge is 0.473 e. The van der Waals surface area contributed by atoms with Gasteiger partial charge >= 0.3 is 6.09 Å². The van der Waals surface area contributed by atoms with Crippen LogP contribution in [0.4, 0.5) is 16.4 Å². The van der Waals surface area contributed by atoms with E-state index in [0.29, 0.717) is 22.0 Å². The van der Waals surface area contributed by atoms with Gasteiger partial charge in [0.1, 0.15) is 25.4 Å². The third-order valence-corrected chi connectivity index (χ3v) is 6.10. The Balaban J connectivity index is 1.49. The first kappa shape index (κ1) is 26.6. The quantitative estimate of drug-likeness (QED) is 0.256. The fourth-order valence-corrected chi connectivity index (χ4v) is 4.14. The zero-order valence-electron chi connectivity index (χ0n) is 19.8. The lowest BCUT2D eigenvalue weighted by atomic mass is 10.1. The average molecular weight is 552 g/mol. The minimum atomic E-state index is -3.94. The van der Waals surface area contributed by atoms with Crippen LogP contribution in [0, 0.1) is 0 Å². The van der Waals surface area contributed by atoms with Crippen molar-refractivity contribution in [3.63, 3.8) is 0 Å². The number of aromatic nitrogens is 3. The number of hydrogen-bond donors (Lipinski definition) is 2. The van der Waals surface area contributed by atoms with E-state index in [1.54, 1.807) is 66.7 Å². The van der Waals surface area contributed by atoms with Crippen molar-refractivity contribution in [1.82, 2.24) is 15.0 Å². The number of anilines is 2. The SMILES string of the molecule is O=C(Nc1ccccn1)OCCOc1ncnc(NS(=O)(=O)C=Cc2ccccc2)c1-c1ccc(Cl)cc1. The van der Waals surface area contributed by atoms with E-state index in [-0.39, 0.29) is 24.9 Å². The van der Waals surface area contributed by atoms with Crippen molar-refractivity contribution < 1.29 is 22.7 Å². The topological polar surface area (TPSA) is 132 Å². The lowest BCUT2D eigenvalue weighted by Gasteiger charge is -2.15. The summed E-state index contributed by atoms with van der Waals surface area (Å²) in [5, 5.41) is 4.03. The number of carbonyl (C=O) groups excluding carboxylic acids is 1. The number of rotatable bonds is 10. The highest BCUT2D eigenvalue weighted by Crippen LogP contribution is 2.35. The summed E-state index contributed by atoms with van der Waals surface area (Å²) in [6.45, 7) is -0.170. The van der Waals surface area contributed by atoms with Crippen LogP contribution in [0.5, 0.6) is 5.88 Å². The molecule has 2 N–H and O–H groups in total. The number of ether oxygens (including phenoxy) is 2. The molecule has 1 amide bonds. The van der Waals surface area contributed by atoms with Crippen LogP contribution < -0.4 is 14.8 Å². The van der Waals surface area contributed by atoms with Crippen molar-refractivity contribution in [2.24, 2.45) is 0 Å². The fraction of sp³-hybridized carbons (Fsp3) is 0.0769. The fourth-order valence-electron chi connectivity index (χ4n) is 3.18. The Morgan fingerprint density at radius 2 is 1.68 bits per heavy atom. The van der Waals surface area contributed by atoms with Crippen LogP contribution >= 0.6 is 11.6 Å². The Hall–Kier alpha value is -4.48. The standard InChI is InChI=1S/C26H22ClN5O5S/c27-21-11-9-20(10-12-21)23-24(32-38(34,35)17-13-19-6-2-1-3-7-19)29-18-30-25(23)36-15-16-37-26(33)31-22-8-4-5-14-28-22/h1-14,17-18H,15-16H2,(H,28,31,33)(H,29,30,32). The molecule has 4 rings (SSSR count). The van der Waals surface area contributed by atoms with Crippen LogP contribution in [0.25, 0.3) is 17.2 Å². The summed E-state index contributed by atoms with van der Waals surface area (Å²) in [4.78, 5) is 24.2. The van der Waals surface area contributed by atoms with Gasteiger partial charge in [0.05, 0.1) is 11.0 Å². The number of sulfonamides is 1. The molecule has 0 saturated carbocycles. The van der Waals surface area contributed by atoms with E-state index in [2.05, 4.69) is 25.0 Å². The monoisotopic (exact) mass is 551 g/mol. The molecule has 0 unspecified atom stereocenters. The zero-order chi connectivity index (χ0) is 26.8. The maximum atomic E-state index is 12.8. The molecule has 0 atom stereocenters. The van der Waals surface area contributed by atoms with Crippen molar-refractivity contribution in [3.05, 3.63) is 101 Å². The number of halogens is 1. The number of amides is 1. The maximum Gasteiger partial charge on any atom is 0.412 e. The number of hydrogen-bond acceptors (Lipinski definition) is 8. The third kappa shape index (κ3) is 7.76. The summed E-state index contributed by atoms with van der Waals surface area (Å²) in [6.07, 6.45) is 3.47. The summed E-state index contributed by atoms with van der Waals surface area (Å²) in [7, 11) is -3.94. The van der Waals surface area contributed by atoms with Gasteiger partial charge in [0, 0.05) is 11.2 Å². The summed E-state index contributed by atoms with van der Waals surface area (Å²) in [5.74, 6) is 0.433. The van der Waals surface area contributed by atoms with Gasteiger partial charge < -0.3 is 9.47 Å². The first-order chi connectivity index (χ1) is 18.4. The average Bonchev–Trinajstić information content (AvgIpc) is 2.92. The molecule has 0 spiro atoms. The van der Waals surface area contributed by atoms with E-state index >= 15 is 0 Å². The molecule has 0 saturated heterocycles. The number of nitrogens with one attached hydrogen (secondary N) is 2. The lowest BCUT2D eigenvalue weighted by Crippen LogP contribution is -2.18. The Labute approximate surface area is 224 Å². The first-order valence-corrected chi connectivity index (χ1v) is 13.2. The normalized spacial score (nSPS) is 11.2. The smallest absolute Gasteiger partial charge is 0.412 e. The maximum absolute atomic E-state index is 12.8.